The summed E-state index contributed by atoms with van der Waals surface area (Å²) in [5.41, 5.74) is 0. The third-order valence-electron chi connectivity index (χ3n) is 2.25. The van der Waals surface area contributed by atoms with Crippen molar-refractivity contribution in [3.8, 4) is 0 Å². The van der Waals surface area contributed by atoms with Crippen LogP contribution in [0.15, 0.2) is 0 Å². The van der Waals surface area contributed by atoms with Gasteiger partial charge in [-0.25, -0.2) is 0 Å². The van der Waals surface area contributed by atoms with Crippen LogP contribution in [0.1, 0.15) is 20.3 Å². The second-order valence-corrected chi connectivity index (χ2v) is 4.54. The third kappa shape index (κ3) is 4.42. The van der Waals surface area contributed by atoms with Crippen LogP contribution >= 0.6 is 0 Å². The largest absolute Gasteiger partial charge is 0.357 e. The molecule has 0 amide bonds. The van der Waals surface area contributed by atoms with E-state index in [2.05, 4.69) is 39.4 Å². The van der Waals surface area contributed by atoms with E-state index in [1.54, 1.807) is 7.05 Å². The fraction of sp³-hybridized carbons (Fsp3) is 0.727. The van der Waals surface area contributed by atoms with Crippen molar-refractivity contribution in [3.05, 3.63) is 0 Å². The lowest BCUT2D eigenvalue weighted by Gasteiger charge is -2.13. The summed E-state index contributed by atoms with van der Waals surface area (Å²) in [5.74, 6) is 2.52. The zero-order valence-corrected chi connectivity index (χ0v) is 11.3. The molecule has 0 aliphatic rings. The van der Waals surface area contributed by atoms with E-state index in [0.717, 1.165) is 13.0 Å². The maximum atomic E-state index is 4.33. The second-order valence-electron chi connectivity index (χ2n) is 4.54. The number of anilines is 3. The Bertz CT molecular complexity index is 350. The molecular weight excluding hydrogens is 216 g/mol. The zero-order chi connectivity index (χ0) is 12.8. The number of hydrogen-bond acceptors (Lipinski definition) is 6. The van der Waals surface area contributed by atoms with Gasteiger partial charge >= 0.3 is 0 Å². The van der Waals surface area contributed by atoms with Gasteiger partial charge in [-0.3, -0.25) is 0 Å². The third-order valence-corrected chi connectivity index (χ3v) is 2.25. The molecule has 0 fully saturated rings. The Morgan fingerprint density at radius 1 is 1.12 bits per heavy atom. The summed E-state index contributed by atoms with van der Waals surface area (Å²) in [6.07, 6.45) is 1.10. The van der Waals surface area contributed by atoms with Crippen molar-refractivity contribution in [3.63, 3.8) is 0 Å². The lowest BCUT2D eigenvalue weighted by molar-refractivity contribution is 0.605. The molecule has 1 rings (SSSR count). The molecule has 0 saturated carbocycles. The minimum atomic E-state index is 0.579. The maximum Gasteiger partial charge on any atom is 0.231 e. The van der Waals surface area contributed by atoms with Gasteiger partial charge in [-0.1, -0.05) is 13.8 Å². The minimum Gasteiger partial charge on any atom is -0.357 e. The molecule has 6 heteroatoms. The van der Waals surface area contributed by atoms with E-state index >= 15 is 0 Å². The summed E-state index contributed by atoms with van der Waals surface area (Å²) >= 11 is 0. The van der Waals surface area contributed by atoms with Crippen LogP contribution in [0.5, 0.6) is 0 Å². The highest BCUT2D eigenvalue weighted by Crippen LogP contribution is 2.11. The van der Waals surface area contributed by atoms with Gasteiger partial charge in [-0.15, -0.1) is 0 Å². The zero-order valence-electron chi connectivity index (χ0n) is 11.3. The van der Waals surface area contributed by atoms with Crippen LogP contribution in [-0.4, -0.2) is 42.6 Å². The SMILES string of the molecule is CNc1nc(NCCC(C)C)nc(N(C)C)n1. The average molecular weight is 238 g/mol. The van der Waals surface area contributed by atoms with Crippen molar-refractivity contribution in [1.82, 2.24) is 15.0 Å². The van der Waals surface area contributed by atoms with Crippen LogP contribution in [0.3, 0.4) is 0 Å². The molecule has 0 unspecified atom stereocenters. The number of nitrogens with one attached hydrogen (secondary N) is 2. The summed E-state index contributed by atoms with van der Waals surface area (Å²) in [6, 6.07) is 0. The van der Waals surface area contributed by atoms with Gasteiger partial charge in [-0.2, -0.15) is 15.0 Å². The van der Waals surface area contributed by atoms with E-state index in [1.165, 1.54) is 0 Å². The Labute approximate surface area is 103 Å². The van der Waals surface area contributed by atoms with E-state index in [0.29, 0.717) is 23.8 Å². The predicted octanol–water partition coefficient (Wildman–Crippen LogP) is 1.44. The normalized spacial score (nSPS) is 10.5. The Hall–Kier alpha value is -1.59. The Balaban J connectivity index is 2.73. The lowest BCUT2D eigenvalue weighted by atomic mass is 10.1. The first-order chi connectivity index (χ1) is 8.02. The van der Waals surface area contributed by atoms with Gasteiger partial charge in [0.1, 0.15) is 0 Å². The molecule has 0 bridgehead atoms. The molecule has 0 radical (unpaired) electrons. The first kappa shape index (κ1) is 13.5. The number of aromatic nitrogens is 3. The molecule has 2 N–H and O–H groups in total. The van der Waals surface area contributed by atoms with Crippen molar-refractivity contribution in [2.75, 3.05) is 43.2 Å². The molecule has 0 atom stereocenters. The van der Waals surface area contributed by atoms with Gasteiger partial charge in [0.05, 0.1) is 0 Å². The predicted molar refractivity (Wildman–Crippen MR) is 71.6 cm³/mol. The number of nitrogens with zero attached hydrogens (tertiary/aromatic N) is 4. The molecule has 0 spiro atoms. The van der Waals surface area contributed by atoms with Crippen LogP contribution < -0.4 is 15.5 Å². The molecular formula is C11H22N6. The highest BCUT2D eigenvalue weighted by atomic mass is 15.3. The first-order valence-electron chi connectivity index (χ1n) is 5.88. The van der Waals surface area contributed by atoms with Gasteiger partial charge in [-0.05, 0) is 12.3 Å². The van der Waals surface area contributed by atoms with Crippen LogP contribution in [0, 0.1) is 5.92 Å². The van der Waals surface area contributed by atoms with Gasteiger partial charge < -0.3 is 15.5 Å². The summed E-state index contributed by atoms with van der Waals surface area (Å²) in [7, 11) is 5.62. The van der Waals surface area contributed by atoms with Gasteiger partial charge in [0.25, 0.3) is 0 Å². The molecule has 1 aromatic rings. The van der Waals surface area contributed by atoms with Gasteiger partial charge in [0.2, 0.25) is 17.8 Å². The van der Waals surface area contributed by atoms with E-state index in [4.69, 9.17) is 0 Å². The van der Waals surface area contributed by atoms with Crippen LogP contribution in [0.2, 0.25) is 0 Å². The standard InChI is InChI=1S/C11H22N6/c1-8(2)6-7-13-10-14-9(12-3)15-11(16-10)17(4)5/h8H,6-7H2,1-5H3,(H2,12,13,14,15,16). The van der Waals surface area contributed by atoms with E-state index in [-0.39, 0.29) is 0 Å². The molecule has 17 heavy (non-hydrogen) atoms. The van der Waals surface area contributed by atoms with Crippen LogP contribution in [-0.2, 0) is 0 Å². The summed E-state index contributed by atoms with van der Waals surface area (Å²) < 4.78 is 0. The van der Waals surface area contributed by atoms with Crippen molar-refractivity contribution >= 4 is 17.8 Å². The molecule has 6 nitrogen and oxygen atoms in total. The molecule has 1 aromatic heterocycles. The summed E-state index contributed by atoms with van der Waals surface area (Å²) in [5, 5.41) is 6.15. The van der Waals surface area contributed by atoms with Crippen molar-refractivity contribution < 1.29 is 0 Å². The fourth-order valence-corrected chi connectivity index (χ4v) is 1.23. The van der Waals surface area contributed by atoms with Gasteiger partial charge in [0, 0.05) is 27.7 Å². The topological polar surface area (TPSA) is 66.0 Å². The van der Waals surface area contributed by atoms with Gasteiger partial charge in [0.15, 0.2) is 0 Å². The smallest absolute Gasteiger partial charge is 0.231 e. The van der Waals surface area contributed by atoms with E-state index in [1.807, 2.05) is 19.0 Å². The van der Waals surface area contributed by atoms with Crippen molar-refractivity contribution in [1.29, 1.82) is 0 Å². The molecule has 0 aliphatic carbocycles. The van der Waals surface area contributed by atoms with Crippen LogP contribution in [0.4, 0.5) is 17.8 Å². The molecule has 0 saturated heterocycles. The summed E-state index contributed by atoms with van der Waals surface area (Å²) in [6.45, 7) is 5.26. The lowest BCUT2D eigenvalue weighted by Crippen LogP contribution is -2.17. The average Bonchev–Trinajstić information content (AvgIpc) is 2.28. The molecule has 0 aliphatic heterocycles. The number of hydrogen-bond donors (Lipinski definition) is 2. The number of rotatable bonds is 6. The second kappa shape index (κ2) is 6.22. The minimum absolute atomic E-state index is 0.579. The monoisotopic (exact) mass is 238 g/mol. The molecule has 1 heterocycles. The Kier molecular flexibility index (Phi) is 4.93. The Morgan fingerprint density at radius 3 is 2.29 bits per heavy atom. The van der Waals surface area contributed by atoms with Crippen molar-refractivity contribution in [2.45, 2.75) is 20.3 Å². The first-order valence-corrected chi connectivity index (χ1v) is 5.88. The fourth-order valence-electron chi connectivity index (χ4n) is 1.23. The van der Waals surface area contributed by atoms with Crippen LogP contribution in [0.25, 0.3) is 0 Å². The molecule has 0 aromatic carbocycles. The van der Waals surface area contributed by atoms with E-state index < -0.39 is 0 Å². The quantitative estimate of drug-likeness (QED) is 0.781. The summed E-state index contributed by atoms with van der Waals surface area (Å²) in [4.78, 5) is 14.7. The van der Waals surface area contributed by atoms with E-state index in [9.17, 15) is 0 Å². The maximum absolute atomic E-state index is 4.33. The highest BCUT2D eigenvalue weighted by Gasteiger charge is 2.06. The molecule has 96 valence electrons. The van der Waals surface area contributed by atoms with Crippen molar-refractivity contribution in [2.24, 2.45) is 5.92 Å². The Morgan fingerprint density at radius 2 is 1.76 bits per heavy atom. The highest BCUT2D eigenvalue weighted by molar-refractivity contribution is 5.42.